The highest BCUT2D eigenvalue weighted by atomic mass is 16.3. The highest BCUT2D eigenvalue weighted by Gasteiger charge is 2.23. The summed E-state index contributed by atoms with van der Waals surface area (Å²) in [4.78, 5) is 17.4. The van der Waals surface area contributed by atoms with E-state index in [1.54, 1.807) is 6.26 Å². The minimum atomic E-state index is -0.0406. The lowest BCUT2D eigenvalue weighted by Crippen LogP contribution is -2.43. The fourth-order valence-corrected chi connectivity index (χ4v) is 4.27. The summed E-state index contributed by atoms with van der Waals surface area (Å²) in [5.74, 6) is 0.974. The first-order valence-electron chi connectivity index (χ1n) is 11.0. The van der Waals surface area contributed by atoms with Crippen LogP contribution in [0.4, 0.5) is 5.69 Å². The molecule has 1 N–H and O–H groups in total. The Morgan fingerprint density at radius 3 is 2.42 bits per heavy atom. The lowest BCUT2D eigenvalue weighted by molar-refractivity contribution is 0.0940. The monoisotopic (exact) mass is 417 g/mol. The number of amides is 1. The number of piperidine rings is 1. The van der Waals surface area contributed by atoms with Gasteiger partial charge in [-0.05, 0) is 68.8 Å². The van der Waals surface area contributed by atoms with E-state index in [0.717, 1.165) is 43.8 Å². The lowest BCUT2D eigenvalue weighted by Gasteiger charge is -2.37. The number of anilines is 1. The zero-order chi connectivity index (χ0) is 21.6. The van der Waals surface area contributed by atoms with E-state index >= 15 is 0 Å². The van der Waals surface area contributed by atoms with E-state index in [1.807, 2.05) is 61.5 Å². The van der Waals surface area contributed by atoms with E-state index in [1.165, 1.54) is 5.69 Å². The molecule has 0 radical (unpaired) electrons. The number of nitrogens with one attached hydrogen (secondary N) is 1. The van der Waals surface area contributed by atoms with Crippen LogP contribution in [-0.4, -0.2) is 37.0 Å². The van der Waals surface area contributed by atoms with E-state index in [2.05, 4.69) is 34.3 Å². The van der Waals surface area contributed by atoms with Gasteiger partial charge in [-0.2, -0.15) is 0 Å². The summed E-state index contributed by atoms with van der Waals surface area (Å²) in [5.41, 5.74) is 2.98. The Hall–Kier alpha value is -3.05. The lowest BCUT2D eigenvalue weighted by atomic mass is 10.0. The summed E-state index contributed by atoms with van der Waals surface area (Å²) in [7, 11) is 2.17. The summed E-state index contributed by atoms with van der Waals surface area (Å²) in [6.45, 7) is 4.89. The van der Waals surface area contributed by atoms with Crippen LogP contribution in [0.3, 0.4) is 0 Å². The van der Waals surface area contributed by atoms with Crippen molar-refractivity contribution in [1.29, 1.82) is 0 Å². The van der Waals surface area contributed by atoms with Gasteiger partial charge in [-0.3, -0.25) is 9.69 Å². The van der Waals surface area contributed by atoms with Crippen molar-refractivity contribution in [2.24, 2.45) is 0 Å². The van der Waals surface area contributed by atoms with Crippen LogP contribution >= 0.6 is 0 Å². The highest BCUT2D eigenvalue weighted by molar-refractivity contribution is 5.94. The van der Waals surface area contributed by atoms with Crippen molar-refractivity contribution in [1.82, 2.24) is 10.2 Å². The number of carbonyl (C=O) groups excluding carboxylic acids is 1. The summed E-state index contributed by atoms with van der Waals surface area (Å²) < 4.78 is 5.48. The molecule has 1 aromatic heterocycles. The zero-order valence-corrected chi connectivity index (χ0v) is 18.3. The summed E-state index contributed by atoms with van der Waals surface area (Å²) in [5, 5.41) is 3.08. The number of hydrogen-bond acceptors (Lipinski definition) is 4. The number of hydrogen-bond donors (Lipinski definition) is 1. The predicted octanol–water partition coefficient (Wildman–Crippen LogP) is 4.87. The first-order chi connectivity index (χ1) is 15.1. The predicted molar refractivity (Wildman–Crippen MR) is 124 cm³/mol. The quantitative estimate of drug-likeness (QED) is 0.596. The fourth-order valence-electron chi connectivity index (χ4n) is 4.27. The molecule has 0 saturated carbocycles. The largest absolute Gasteiger partial charge is 0.468 e. The Bertz CT molecular complexity index is 946. The van der Waals surface area contributed by atoms with Gasteiger partial charge in [0.2, 0.25) is 0 Å². The Kier molecular flexibility index (Phi) is 6.73. The number of carbonyl (C=O) groups is 1. The third kappa shape index (κ3) is 5.36. The van der Waals surface area contributed by atoms with Gasteiger partial charge in [-0.25, -0.2) is 0 Å². The molecule has 2 aromatic carbocycles. The molecule has 5 nitrogen and oxygen atoms in total. The standard InChI is InChI=1S/C26H31N3O2/c1-20(21-7-4-3-5-8-21)27-26(30)22-10-12-24(13-11-22)29-16-14-23(15-17-29)28(2)19-25-9-6-18-31-25/h3-13,18,20,23H,14-17,19H2,1-2H3,(H,27,30)/t20-/m1/s1. The van der Waals surface area contributed by atoms with Crippen molar-refractivity contribution in [3.05, 3.63) is 89.9 Å². The molecule has 1 aliphatic rings. The summed E-state index contributed by atoms with van der Waals surface area (Å²) in [6, 6.07) is 22.5. The maximum atomic E-state index is 12.6. The molecule has 5 heteroatoms. The van der Waals surface area contributed by atoms with E-state index in [-0.39, 0.29) is 11.9 Å². The van der Waals surface area contributed by atoms with Crippen molar-refractivity contribution in [2.45, 2.75) is 38.4 Å². The van der Waals surface area contributed by atoms with Gasteiger partial charge in [-0.1, -0.05) is 30.3 Å². The van der Waals surface area contributed by atoms with Gasteiger partial charge in [0.05, 0.1) is 18.8 Å². The van der Waals surface area contributed by atoms with Crippen molar-refractivity contribution in [2.75, 3.05) is 25.0 Å². The van der Waals surface area contributed by atoms with Crippen LogP contribution in [-0.2, 0) is 6.54 Å². The second-order valence-electron chi connectivity index (χ2n) is 8.37. The molecule has 1 aliphatic heterocycles. The van der Waals surface area contributed by atoms with Crippen molar-refractivity contribution in [3.8, 4) is 0 Å². The molecule has 1 amide bonds. The third-order valence-corrected chi connectivity index (χ3v) is 6.21. The number of benzene rings is 2. The molecule has 31 heavy (non-hydrogen) atoms. The van der Waals surface area contributed by atoms with E-state index < -0.39 is 0 Å². The molecule has 0 aliphatic carbocycles. The van der Waals surface area contributed by atoms with Crippen LogP contribution in [0.25, 0.3) is 0 Å². The topological polar surface area (TPSA) is 48.7 Å². The Labute approximate surface area is 184 Å². The van der Waals surface area contributed by atoms with Crippen LogP contribution < -0.4 is 10.2 Å². The molecule has 0 spiro atoms. The second kappa shape index (κ2) is 9.84. The fraction of sp³-hybridized carbons (Fsp3) is 0.346. The van der Waals surface area contributed by atoms with Crippen molar-refractivity contribution >= 4 is 11.6 Å². The maximum absolute atomic E-state index is 12.6. The molecule has 1 saturated heterocycles. The molecule has 0 unspecified atom stereocenters. The van der Waals surface area contributed by atoms with Gasteiger partial charge in [0.1, 0.15) is 5.76 Å². The van der Waals surface area contributed by atoms with Gasteiger partial charge >= 0.3 is 0 Å². The average molecular weight is 418 g/mol. The molecular formula is C26H31N3O2. The molecule has 3 aromatic rings. The third-order valence-electron chi connectivity index (χ3n) is 6.21. The normalized spacial score (nSPS) is 15.8. The minimum Gasteiger partial charge on any atom is -0.468 e. The summed E-state index contributed by atoms with van der Waals surface area (Å²) in [6.07, 6.45) is 3.97. The van der Waals surface area contributed by atoms with Crippen molar-refractivity contribution < 1.29 is 9.21 Å². The molecule has 1 atom stereocenters. The Morgan fingerprint density at radius 2 is 1.77 bits per heavy atom. The Morgan fingerprint density at radius 1 is 1.06 bits per heavy atom. The van der Waals surface area contributed by atoms with Gasteiger partial charge in [0.25, 0.3) is 5.91 Å². The molecule has 2 heterocycles. The van der Waals surface area contributed by atoms with Gasteiger partial charge in [0, 0.05) is 30.4 Å². The Balaban J connectivity index is 1.29. The average Bonchev–Trinajstić information content (AvgIpc) is 3.33. The van der Waals surface area contributed by atoms with Crippen LogP contribution in [0.1, 0.15) is 47.5 Å². The van der Waals surface area contributed by atoms with Crippen molar-refractivity contribution in [3.63, 3.8) is 0 Å². The van der Waals surface area contributed by atoms with Crippen LogP contribution in [0.15, 0.2) is 77.4 Å². The van der Waals surface area contributed by atoms with Crippen LogP contribution in [0.2, 0.25) is 0 Å². The molecule has 4 rings (SSSR count). The SMILES string of the molecule is C[C@@H](NC(=O)c1ccc(N2CCC(N(C)Cc3ccco3)CC2)cc1)c1ccccc1. The highest BCUT2D eigenvalue weighted by Crippen LogP contribution is 2.24. The van der Waals surface area contributed by atoms with Crippen LogP contribution in [0.5, 0.6) is 0 Å². The van der Waals surface area contributed by atoms with E-state index in [4.69, 9.17) is 4.42 Å². The van der Waals surface area contributed by atoms with Gasteiger partial charge in [-0.15, -0.1) is 0 Å². The maximum Gasteiger partial charge on any atom is 0.251 e. The molecular weight excluding hydrogens is 386 g/mol. The molecule has 1 fully saturated rings. The molecule has 162 valence electrons. The van der Waals surface area contributed by atoms with Gasteiger partial charge in [0.15, 0.2) is 0 Å². The minimum absolute atomic E-state index is 0.0226. The first kappa shape index (κ1) is 21.2. The molecule has 0 bridgehead atoms. The summed E-state index contributed by atoms with van der Waals surface area (Å²) >= 11 is 0. The van der Waals surface area contributed by atoms with E-state index in [9.17, 15) is 4.79 Å². The van der Waals surface area contributed by atoms with Gasteiger partial charge < -0.3 is 14.6 Å². The number of rotatable bonds is 7. The van der Waals surface area contributed by atoms with Crippen LogP contribution in [0, 0.1) is 0 Å². The zero-order valence-electron chi connectivity index (χ0n) is 18.3. The first-order valence-corrected chi connectivity index (χ1v) is 11.0. The second-order valence-corrected chi connectivity index (χ2v) is 8.37. The van der Waals surface area contributed by atoms with E-state index in [0.29, 0.717) is 11.6 Å². The smallest absolute Gasteiger partial charge is 0.251 e. The number of furan rings is 1. The number of nitrogens with zero attached hydrogens (tertiary/aromatic N) is 2.